The van der Waals surface area contributed by atoms with Gasteiger partial charge in [0, 0.05) is 68.6 Å². The van der Waals surface area contributed by atoms with Crippen LogP contribution in [-0.2, 0) is 22.5 Å². The number of nitrogens with one attached hydrogen (secondary N) is 1. The van der Waals surface area contributed by atoms with E-state index in [1.165, 1.54) is 23.8 Å². The fraction of sp³-hybridized carbons (Fsp3) is 0.609. The van der Waals surface area contributed by atoms with Crippen molar-refractivity contribution in [3.05, 3.63) is 28.9 Å². The van der Waals surface area contributed by atoms with Crippen LogP contribution in [0.15, 0.2) is 18.5 Å². The first-order valence-corrected chi connectivity index (χ1v) is 12.1. The quantitative estimate of drug-likeness (QED) is 0.756. The van der Waals surface area contributed by atoms with E-state index in [9.17, 15) is 4.79 Å². The van der Waals surface area contributed by atoms with Crippen LogP contribution in [0.25, 0.3) is 0 Å². The number of hydrogen-bond acceptors (Lipinski definition) is 8. The second kappa shape index (κ2) is 8.28. The molecule has 2 aromatic rings. The average molecular weight is 458 g/mol. The monoisotopic (exact) mass is 457 g/mol. The van der Waals surface area contributed by atoms with Crippen molar-refractivity contribution in [1.82, 2.24) is 14.9 Å². The summed E-state index contributed by atoms with van der Waals surface area (Å²) in [4.78, 5) is 26.2. The molecular formula is C23H31N5O3S. The molecule has 3 aliphatic rings. The van der Waals surface area contributed by atoms with Crippen molar-refractivity contribution in [3.63, 3.8) is 0 Å². The Bertz CT molecular complexity index is 1000. The van der Waals surface area contributed by atoms with E-state index < -0.39 is 0 Å². The molecule has 5 rings (SSSR count). The van der Waals surface area contributed by atoms with E-state index in [-0.39, 0.29) is 23.7 Å². The molecule has 5 heterocycles. The Morgan fingerprint density at radius 1 is 1.25 bits per heavy atom. The number of pyridine rings is 1. The van der Waals surface area contributed by atoms with E-state index in [4.69, 9.17) is 14.5 Å². The smallest absolute Gasteiger partial charge is 0.223 e. The van der Waals surface area contributed by atoms with E-state index in [0.717, 1.165) is 55.5 Å². The van der Waals surface area contributed by atoms with E-state index in [1.54, 1.807) is 0 Å². The average Bonchev–Trinajstić information content (AvgIpc) is 3.37. The molecule has 8 nitrogen and oxygen atoms in total. The number of likely N-dealkylation sites (tertiary alicyclic amines) is 1. The lowest BCUT2D eigenvalue weighted by atomic mass is 9.95. The number of carbonyl (C=O) groups is 1. The van der Waals surface area contributed by atoms with Gasteiger partial charge in [-0.15, -0.1) is 11.3 Å². The predicted molar refractivity (Wildman–Crippen MR) is 124 cm³/mol. The van der Waals surface area contributed by atoms with E-state index in [1.807, 2.05) is 12.4 Å². The zero-order chi connectivity index (χ0) is 22.5. The number of aromatic nitrogens is 2. The molecule has 0 saturated carbocycles. The summed E-state index contributed by atoms with van der Waals surface area (Å²) in [6, 6.07) is 2.62. The maximum atomic E-state index is 11.3. The molecular weight excluding hydrogens is 426 g/mol. The molecule has 2 saturated heterocycles. The summed E-state index contributed by atoms with van der Waals surface area (Å²) in [5.74, 6) is 1.85. The van der Waals surface area contributed by atoms with Crippen LogP contribution in [0.5, 0.6) is 5.75 Å². The summed E-state index contributed by atoms with van der Waals surface area (Å²) in [5.41, 5.74) is 1.06. The van der Waals surface area contributed by atoms with Crippen molar-refractivity contribution < 1.29 is 14.3 Å². The van der Waals surface area contributed by atoms with Gasteiger partial charge in [-0.05, 0) is 26.8 Å². The lowest BCUT2D eigenvalue weighted by Gasteiger charge is -2.36. The Balaban J connectivity index is 1.26. The van der Waals surface area contributed by atoms with Crippen LogP contribution in [0, 0.1) is 0 Å². The highest BCUT2D eigenvalue weighted by Gasteiger charge is 2.48. The third-order valence-corrected chi connectivity index (χ3v) is 7.39. The molecule has 0 aromatic carbocycles. The number of rotatable bonds is 4. The van der Waals surface area contributed by atoms with Gasteiger partial charge >= 0.3 is 0 Å². The van der Waals surface area contributed by atoms with Gasteiger partial charge in [0.15, 0.2) is 5.13 Å². The van der Waals surface area contributed by atoms with E-state index in [2.05, 4.69) is 46.9 Å². The zero-order valence-electron chi connectivity index (χ0n) is 19.1. The molecule has 0 radical (unpaired) electrons. The van der Waals surface area contributed by atoms with Gasteiger partial charge in [-0.2, -0.15) is 0 Å². The maximum absolute atomic E-state index is 11.3. The van der Waals surface area contributed by atoms with Gasteiger partial charge in [0.2, 0.25) is 5.91 Å². The van der Waals surface area contributed by atoms with E-state index in [0.29, 0.717) is 11.2 Å². The fourth-order valence-electron chi connectivity index (χ4n) is 5.32. The third-order valence-electron chi connectivity index (χ3n) is 6.49. The summed E-state index contributed by atoms with van der Waals surface area (Å²) in [6.45, 7) is 11.4. The second-order valence-corrected chi connectivity index (χ2v) is 10.7. The largest absolute Gasteiger partial charge is 0.484 e. The minimum Gasteiger partial charge on any atom is -0.484 e. The Kier molecular flexibility index (Phi) is 5.59. The van der Waals surface area contributed by atoms with Gasteiger partial charge in [-0.25, -0.2) is 9.97 Å². The Hall–Kier alpha value is -2.23. The number of amides is 1. The van der Waals surface area contributed by atoms with Crippen LogP contribution < -0.4 is 15.0 Å². The lowest BCUT2D eigenvalue weighted by molar-refractivity contribution is -0.114. The highest BCUT2D eigenvalue weighted by atomic mass is 32.1. The van der Waals surface area contributed by atoms with Gasteiger partial charge in [-0.3, -0.25) is 9.69 Å². The Morgan fingerprint density at radius 3 is 2.78 bits per heavy atom. The molecule has 0 aliphatic carbocycles. The number of carbonyl (C=O) groups excluding carboxylic acids is 1. The number of hydrogen-bond donors (Lipinski definition) is 1. The molecule has 0 unspecified atom stereocenters. The summed E-state index contributed by atoms with van der Waals surface area (Å²) in [5, 5.41) is 3.42. The highest BCUT2D eigenvalue weighted by molar-refractivity contribution is 7.15. The molecule has 1 amide bonds. The topological polar surface area (TPSA) is 79.8 Å². The van der Waals surface area contributed by atoms with Crippen LogP contribution in [0.3, 0.4) is 0 Å². The summed E-state index contributed by atoms with van der Waals surface area (Å²) in [6.07, 6.45) is 6.07. The van der Waals surface area contributed by atoms with E-state index >= 15 is 0 Å². The molecule has 9 heteroatoms. The summed E-state index contributed by atoms with van der Waals surface area (Å²) >= 11 is 1.54. The van der Waals surface area contributed by atoms with Gasteiger partial charge in [0.25, 0.3) is 0 Å². The first-order chi connectivity index (χ1) is 15.3. The molecule has 2 aromatic heterocycles. The number of anilines is 2. The standard InChI is InChI=1S/C23H31N5O3S/c1-14-6-23(13-28(14)12-19-8-25-22(32-19)26-17(4)29)7-18-5-21(24-9-20(18)31-23)27-10-15(2)30-16(3)11-27/h5,8-9,14-16H,6-7,10-13H2,1-4H3,(H,25,26,29)/t14-,15-,16+,23-/m0/s1. The first-order valence-electron chi connectivity index (χ1n) is 11.3. The number of ether oxygens (including phenoxy) is 2. The zero-order valence-corrected chi connectivity index (χ0v) is 19.9. The fourth-order valence-corrected chi connectivity index (χ4v) is 6.20. The molecule has 4 atom stereocenters. The Labute approximate surface area is 192 Å². The Morgan fingerprint density at radius 2 is 2.03 bits per heavy atom. The minimum atomic E-state index is -0.196. The number of nitrogens with zero attached hydrogens (tertiary/aromatic N) is 4. The van der Waals surface area contributed by atoms with Gasteiger partial charge < -0.3 is 19.7 Å². The second-order valence-electron chi connectivity index (χ2n) is 9.55. The van der Waals surface area contributed by atoms with Crippen molar-refractivity contribution >= 4 is 28.2 Å². The molecule has 32 heavy (non-hydrogen) atoms. The molecule has 1 spiro atoms. The first kappa shape index (κ1) is 21.6. The van der Waals surface area contributed by atoms with Gasteiger partial charge in [0.05, 0.1) is 18.4 Å². The van der Waals surface area contributed by atoms with Crippen LogP contribution in [0.1, 0.15) is 44.6 Å². The minimum absolute atomic E-state index is 0.0921. The van der Waals surface area contributed by atoms with Gasteiger partial charge in [-0.1, -0.05) is 0 Å². The van der Waals surface area contributed by atoms with Crippen molar-refractivity contribution in [2.24, 2.45) is 0 Å². The van der Waals surface area contributed by atoms with Crippen LogP contribution in [0.2, 0.25) is 0 Å². The van der Waals surface area contributed by atoms with Gasteiger partial charge in [0.1, 0.15) is 17.2 Å². The van der Waals surface area contributed by atoms with Crippen LogP contribution in [-0.4, -0.2) is 64.3 Å². The molecule has 0 bridgehead atoms. The molecule has 172 valence electrons. The molecule has 3 aliphatic heterocycles. The SMILES string of the molecule is CC(=O)Nc1ncc(CN2C[C@@]3(Cc4cc(N5C[C@@H](C)O[C@@H](C)C5)ncc4O3)C[C@@H]2C)s1. The number of morpholine rings is 1. The van der Waals surface area contributed by atoms with Crippen molar-refractivity contribution in [1.29, 1.82) is 0 Å². The summed E-state index contributed by atoms with van der Waals surface area (Å²) in [7, 11) is 0. The van der Waals surface area contributed by atoms with Crippen molar-refractivity contribution in [2.45, 2.75) is 70.9 Å². The molecule has 2 fully saturated rings. The lowest BCUT2D eigenvalue weighted by Crippen LogP contribution is -2.45. The number of thiazole rings is 1. The predicted octanol–water partition coefficient (Wildman–Crippen LogP) is 3.08. The summed E-state index contributed by atoms with van der Waals surface area (Å²) < 4.78 is 12.4. The van der Waals surface area contributed by atoms with Crippen LogP contribution in [0.4, 0.5) is 10.9 Å². The highest BCUT2D eigenvalue weighted by Crippen LogP contribution is 2.43. The third kappa shape index (κ3) is 4.33. The number of fused-ring (bicyclic) bond motifs is 1. The van der Waals surface area contributed by atoms with Crippen LogP contribution >= 0.6 is 11.3 Å². The van der Waals surface area contributed by atoms with Crippen molar-refractivity contribution in [2.75, 3.05) is 29.9 Å². The normalized spacial score (nSPS) is 29.9. The van der Waals surface area contributed by atoms with Crippen molar-refractivity contribution in [3.8, 4) is 5.75 Å². The molecule has 1 N–H and O–H groups in total. The maximum Gasteiger partial charge on any atom is 0.223 e.